The van der Waals surface area contributed by atoms with Gasteiger partial charge >= 0.3 is 6.09 Å². The van der Waals surface area contributed by atoms with Crippen molar-refractivity contribution in [3.8, 4) is 5.75 Å². The molecule has 2 rings (SSSR count). The fraction of sp³-hybridized carbons (Fsp3) is 0.400. The van der Waals surface area contributed by atoms with E-state index >= 15 is 0 Å². The van der Waals surface area contributed by atoms with Gasteiger partial charge in [0.25, 0.3) is 0 Å². The SMILES string of the molecule is CC(C)(C)OC(=O)NCC1=CNC(c2ccc(O)cc2)S1. The van der Waals surface area contributed by atoms with Crippen LogP contribution >= 0.6 is 11.8 Å². The minimum atomic E-state index is -0.492. The maximum absolute atomic E-state index is 11.6. The number of ether oxygens (including phenoxy) is 1. The number of hydrogen-bond donors (Lipinski definition) is 3. The Kier molecular flexibility index (Phi) is 4.67. The Morgan fingerprint density at radius 3 is 2.67 bits per heavy atom. The van der Waals surface area contributed by atoms with E-state index in [0.29, 0.717) is 6.54 Å². The molecule has 3 N–H and O–H groups in total. The molecule has 1 heterocycles. The zero-order valence-corrected chi connectivity index (χ0v) is 13.2. The van der Waals surface area contributed by atoms with Gasteiger partial charge in [0.05, 0.1) is 6.54 Å². The third-order valence-electron chi connectivity index (χ3n) is 2.67. The standard InChI is InChI=1S/C15H20N2O3S/c1-15(2,3)20-14(19)17-9-12-8-16-13(21-12)10-4-6-11(18)7-5-10/h4-8,13,16,18H,9H2,1-3H3,(H,17,19). The van der Waals surface area contributed by atoms with Crippen molar-refractivity contribution in [3.05, 3.63) is 40.9 Å². The average molecular weight is 308 g/mol. The van der Waals surface area contributed by atoms with Gasteiger partial charge in [0.15, 0.2) is 0 Å². The highest BCUT2D eigenvalue weighted by molar-refractivity contribution is 8.03. The summed E-state index contributed by atoms with van der Waals surface area (Å²) < 4.78 is 5.19. The number of nitrogens with one attached hydrogen (secondary N) is 2. The summed E-state index contributed by atoms with van der Waals surface area (Å²) in [4.78, 5) is 12.6. The van der Waals surface area contributed by atoms with Gasteiger partial charge in [0.2, 0.25) is 0 Å². The third kappa shape index (κ3) is 4.90. The van der Waals surface area contributed by atoms with Crippen LogP contribution in [0.1, 0.15) is 31.7 Å². The number of phenolic OH excluding ortho intramolecular Hbond substituents is 1. The van der Waals surface area contributed by atoms with Crippen LogP contribution in [-0.2, 0) is 4.74 Å². The Balaban J connectivity index is 1.80. The summed E-state index contributed by atoms with van der Waals surface area (Å²) in [6.07, 6.45) is 1.47. The Bertz CT molecular complexity index is 535. The summed E-state index contributed by atoms with van der Waals surface area (Å²) in [6, 6.07) is 7.07. The maximum atomic E-state index is 11.6. The first kappa shape index (κ1) is 15.6. The summed E-state index contributed by atoms with van der Waals surface area (Å²) >= 11 is 1.63. The second kappa shape index (κ2) is 6.30. The van der Waals surface area contributed by atoms with Crippen LogP contribution in [0, 0.1) is 0 Å². The topological polar surface area (TPSA) is 70.6 Å². The van der Waals surface area contributed by atoms with Crippen molar-refractivity contribution in [3.63, 3.8) is 0 Å². The number of carbonyl (C=O) groups is 1. The number of phenols is 1. The molecule has 21 heavy (non-hydrogen) atoms. The molecule has 114 valence electrons. The van der Waals surface area contributed by atoms with Crippen molar-refractivity contribution in [1.82, 2.24) is 10.6 Å². The molecule has 0 aromatic heterocycles. The monoisotopic (exact) mass is 308 g/mol. The predicted molar refractivity (Wildman–Crippen MR) is 83.9 cm³/mol. The van der Waals surface area contributed by atoms with Crippen LogP contribution in [0.5, 0.6) is 5.75 Å². The molecule has 0 fully saturated rings. The van der Waals surface area contributed by atoms with Gasteiger partial charge in [-0.25, -0.2) is 4.79 Å². The van der Waals surface area contributed by atoms with Crippen molar-refractivity contribution in [1.29, 1.82) is 0 Å². The largest absolute Gasteiger partial charge is 0.508 e. The molecule has 1 aliphatic heterocycles. The van der Waals surface area contributed by atoms with Gasteiger partial charge in [0, 0.05) is 11.1 Å². The molecular formula is C15H20N2O3S. The third-order valence-corrected chi connectivity index (χ3v) is 3.88. The van der Waals surface area contributed by atoms with Crippen molar-refractivity contribution >= 4 is 17.9 Å². The molecule has 1 aliphatic rings. The summed E-state index contributed by atoms with van der Waals surface area (Å²) in [6.45, 7) is 5.93. The minimum absolute atomic E-state index is 0.0982. The Labute approximate surface area is 128 Å². The van der Waals surface area contributed by atoms with Gasteiger partial charge in [0.1, 0.15) is 16.7 Å². The number of rotatable bonds is 3. The van der Waals surface area contributed by atoms with Gasteiger partial charge in [-0.3, -0.25) is 0 Å². The number of carbonyl (C=O) groups excluding carboxylic acids is 1. The average Bonchev–Trinajstić information content (AvgIpc) is 2.84. The summed E-state index contributed by atoms with van der Waals surface area (Å²) in [5, 5.41) is 15.4. The number of alkyl carbamates (subject to hydrolysis) is 1. The number of thioether (sulfide) groups is 1. The van der Waals surface area contributed by atoms with Crippen molar-refractivity contribution in [2.75, 3.05) is 6.54 Å². The highest BCUT2D eigenvalue weighted by atomic mass is 32.2. The molecule has 1 aromatic carbocycles. The first-order valence-corrected chi connectivity index (χ1v) is 7.59. The molecular weight excluding hydrogens is 288 g/mol. The Hall–Kier alpha value is -1.82. The number of amides is 1. The summed E-state index contributed by atoms with van der Waals surface area (Å²) in [5.74, 6) is 0.251. The van der Waals surface area contributed by atoms with Crippen LogP contribution in [0.4, 0.5) is 4.79 Å². The van der Waals surface area contributed by atoms with Gasteiger partial charge in [-0.15, -0.1) is 0 Å². The van der Waals surface area contributed by atoms with Crippen molar-refractivity contribution < 1.29 is 14.6 Å². The van der Waals surface area contributed by atoms with Crippen LogP contribution in [0.15, 0.2) is 35.4 Å². The number of benzene rings is 1. The van der Waals surface area contributed by atoms with E-state index in [-0.39, 0.29) is 11.1 Å². The Morgan fingerprint density at radius 2 is 2.05 bits per heavy atom. The molecule has 6 heteroatoms. The molecule has 0 bridgehead atoms. The van der Waals surface area contributed by atoms with Crippen LogP contribution in [-0.4, -0.2) is 23.3 Å². The van der Waals surface area contributed by atoms with E-state index in [1.165, 1.54) is 0 Å². The maximum Gasteiger partial charge on any atom is 0.407 e. The van der Waals surface area contributed by atoms with Gasteiger partial charge in [-0.1, -0.05) is 23.9 Å². The van der Waals surface area contributed by atoms with E-state index in [2.05, 4.69) is 10.6 Å². The molecule has 1 atom stereocenters. The Morgan fingerprint density at radius 1 is 1.38 bits per heavy atom. The number of hydrogen-bond acceptors (Lipinski definition) is 5. The quantitative estimate of drug-likeness (QED) is 0.800. The lowest BCUT2D eigenvalue weighted by molar-refractivity contribution is 0.0533. The fourth-order valence-electron chi connectivity index (χ4n) is 1.77. The highest BCUT2D eigenvalue weighted by Gasteiger charge is 2.21. The molecule has 0 saturated carbocycles. The first-order chi connectivity index (χ1) is 9.83. The van der Waals surface area contributed by atoms with E-state index in [0.717, 1.165) is 10.5 Å². The van der Waals surface area contributed by atoms with Crippen LogP contribution in [0.2, 0.25) is 0 Å². The normalized spacial score (nSPS) is 17.9. The zero-order chi connectivity index (χ0) is 15.5. The molecule has 1 amide bonds. The predicted octanol–water partition coefficient (Wildman–Crippen LogP) is 3.09. The van der Waals surface area contributed by atoms with Crippen LogP contribution in [0.3, 0.4) is 0 Å². The molecule has 1 aromatic rings. The van der Waals surface area contributed by atoms with E-state index < -0.39 is 11.7 Å². The number of aromatic hydroxyl groups is 1. The second-order valence-corrected chi connectivity index (χ2v) is 6.95. The molecule has 1 unspecified atom stereocenters. The van der Waals surface area contributed by atoms with Crippen molar-refractivity contribution in [2.24, 2.45) is 0 Å². The van der Waals surface area contributed by atoms with Gasteiger partial charge in [-0.2, -0.15) is 0 Å². The lowest BCUT2D eigenvalue weighted by atomic mass is 10.2. The molecule has 0 spiro atoms. The fourth-order valence-corrected chi connectivity index (χ4v) is 2.79. The second-order valence-electron chi connectivity index (χ2n) is 5.72. The van der Waals surface area contributed by atoms with E-state index in [1.54, 1.807) is 23.9 Å². The van der Waals surface area contributed by atoms with Crippen molar-refractivity contribution in [2.45, 2.75) is 31.7 Å². The molecule has 0 saturated heterocycles. The van der Waals surface area contributed by atoms with Crippen LogP contribution in [0.25, 0.3) is 0 Å². The molecule has 0 aliphatic carbocycles. The molecule has 5 nitrogen and oxygen atoms in total. The van der Waals surface area contributed by atoms with Gasteiger partial charge < -0.3 is 20.5 Å². The zero-order valence-electron chi connectivity index (χ0n) is 12.3. The summed E-state index contributed by atoms with van der Waals surface area (Å²) in [5.41, 5.74) is 0.579. The highest BCUT2D eigenvalue weighted by Crippen LogP contribution is 2.36. The van der Waals surface area contributed by atoms with E-state index in [1.807, 2.05) is 39.1 Å². The minimum Gasteiger partial charge on any atom is -0.508 e. The smallest absolute Gasteiger partial charge is 0.407 e. The molecule has 0 radical (unpaired) electrons. The van der Waals surface area contributed by atoms with Gasteiger partial charge in [-0.05, 0) is 38.5 Å². The lowest BCUT2D eigenvalue weighted by Crippen LogP contribution is -2.33. The van der Waals surface area contributed by atoms with E-state index in [4.69, 9.17) is 4.74 Å². The van der Waals surface area contributed by atoms with E-state index in [9.17, 15) is 9.90 Å². The lowest BCUT2D eigenvalue weighted by Gasteiger charge is -2.19. The summed E-state index contributed by atoms with van der Waals surface area (Å²) in [7, 11) is 0. The first-order valence-electron chi connectivity index (χ1n) is 6.71. The van der Waals surface area contributed by atoms with Crippen LogP contribution < -0.4 is 10.6 Å².